The molecule has 0 saturated heterocycles. The van der Waals surface area contributed by atoms with Crippen molar-refractivity contribution in [3.8, 4) is 0 Å². The van der Waals surface area contributed by atoms with Gasteiger partial charge < -0.3 is 14.2 Å². The fraction of sp³-hybridized carbons (Fsp3) is 0.645. The quantitative estimate of drug-likeness (QED) is 0.0261. The normalized spacial score (nSPS) is 13.1. The summed E-state index contributed by atoms with van der Waals surface area (Å²) in [4.78, 5) is 38.4. The van der Waals surface area contributed by atoms with Crippen LogP contribution in [0.25, 0.3) is 0 Å². The minimum Gasteiger partial charge on any atom is -0.462 e. The summed E-state index contributed by atoms with van der Waals surface area (Å²) in [6.07, 6.45) is 98.5. The van der Waals surface area contributed by atoms with Crippen molar-refractivity contribution >= 4 is 17.9 Å². The zero-order valence-corrected chi connectivity index (χ0v) is 53.2. The van der Waals surface area contributed by atoms with Gasteiger partial charge in [-0.3, -0.25) is 14.4 Å². The van der Waals surface area contributed by atoms with Crippen LogP contribution in [0.15, 0.2) is 146 Å². The second-order valence-corrected chi connectivity index (χ2v) is 22.0. The van der Waals surface area contributed by atoms with Gasteiger partial charge in [-0.25, -0.2) is 0 Å². The van der Waals surface area contributed by atoms with Gasteiger partial charge in [-0.05, 0) is 148 Å². The average molecular weight is 1130 g/mol. The molecule has 6 nitrogen and oxygen atoms in total. The highest BCUT2D eigenvalue weighted by Crippen LogP contribution is 2.14. The molecule has 1 atom stereocenters. The first-order chi connectivity index (χ1) is 40.5. The van der Waals surface area contributed by atoms with Crippen LogP contribution in [0.1, 0.15) is 297 Å². The van der Waals surface area contributed by atoms with Crippen LogP contribution in [0.5, 0.6) is 0 Å². The summed E-state index contributed by atoms with van der Waals surface area (Å²) in [5.74, 6) is -0.944. The molecule has 0 aromatic carbocycles. The van der Waals surface area contributed by atoms with Gasteiger partial charge in [0.2, 0.25) is 0 Å². The number of rotatable bonds is 60. The molecule has 0 aliphatic rings. The lowest BCUT2D eigenvalue weighted by Crippen LogP contribution is -2.30. The monoisotopic (exact) mass is 1130 g/mol. The van der Waals surface area contributed by atoms with E-state index in [9.17, 15) is 14.4 Å². The zero-order chi connectivity index (χ0) is 59.2. The van der Waals surface area contributed by atoms with Gasteiger partial charge in [-0.1, -0.05) is 276 Å². The Morgan fingerprint density at radius 1 is 0.256 bits per heavy atom. The molecule has 464 valence electrons. The Kier molecular flexibility index (Phi) is 64.8. The largest absolute Gasteiger partial charge is 0.462 e. The van der Waals surface area contributed by atoms with Gasteiger partial charge in [0.1, 0.15) is 13.2 Å². The minimum atomic E-state index is -0.807. The molecule has 0 amide bonds. The van der Waals surface area contributed by atoms with E-state index in [2.05, 4.69) is 167 Å². The highest BCUT2D eigenvalue weighted by Gasteiger charge is 2.19. The zero-order valence-electron chi connectivity index (χ0n) is 53.2. The van der Waals surface area contributed by atoms with Crippen molar-refractivity contribution in [1.82, 2.24) is 0 Å². The van der Waals surface area contributed by atoms with E-state index >= 15 is 0 Å². The Labute approximate surface area is 506 Å². The highest BCUT2D eigenvalue weighted by atomic mass is 16.6. The van der Waals surface area contributed by atoms with E-state index in [1.165, 1.54) is 96.3 Å². The van der Waals surface area contributed by atoms with Gasteiger partial charge >= 0.3 is 17.9 Å². The molecule has 0 aromatic rings. The number of unbranched alkanes of at least 4 members (excludes halogenated alkanes) is 25. The molecule has 0 bridgehead atoms. The molecule has 0 aromatic heterocycles. The number of hydrogen-bond acceptors (Lipinski definition) is 6. The van der Waals surface area contributed by atoms with E-state index in [-0.39, 0.29) is 31.1 Å². The summed E-state index contributed by atoms with van der Waals surface area (Å²) in [5.41, 5.74) is 0. The summed E-state index contributed by atoms with van der Waals surface area (Å²) in [5, 5.41) is 0. The Morgan fingerprint density at radius 3 is 0.756 bits per heavy atom. The summed E-state index contributed by atoms with van der Waals surface area (Å²) in [6, 6.07) is 0. The van der Waals surface area contributed by atoms with Crippen LogP contribution < -0.4 is 0 Å². The topological polar surface area (TPSA) is 78.9 Å². The molecule has 1 unspecified atom stereocenters. The molecule has 0 aliphatic heterocycles. The van der Waals surface area contributed by atoms with E-state index in [1.54, 1.807) is 0 Å². The van der Waals surface area contributed by atoms with Crippen molar-refractivity contribution in [2.75, 3.05) is 13.2 Å². The molecule has 0 spiro atoms. The predicted molar refractivity (Wildman–Crippen MR) is 357 cm³/mol. The number of allylic oxidation sites excluding steroid dienone is 24. The SMILES string of the molecule is CC/C=C\C/C=C\C/C=C\C/C=C\C/C=C\C/C=C\C/C=C\C/C=C\CCCCCCC(=O)OCC(COC(=O)CCCCCCC/C=C\CCCCCCC)OC(=O)CCCCCCCC/C=C\C/C=C\C/C=C\CCCCCCC. The Bertz CT molecular complexity index is 1780. The molecule has 0 rings (SSSR count). The number of hydrogen-bond donors (Lipinski definition) is 0. The Hall–Kier alpha value is -4.71. The van der Waals surface area contributed by atoms with Crippen LogP contribution in [0.2, 0.25) is 0 Å². The van der Waals surface area contributed by atoms with Crippen molar-refractivity contribution in [2.24, 2.45) is 0 Å². The molecule has 6 heteroatoms. The standard InChI is InChI=1S/C76H124O6/c1-4-7-10-13-16-19-22-25-28-30-32-34-35-36-37-38-39-40-41-43-44-46-48-51-54-57-60-63-66-69-75(78)81-72-73(71-80-74(77)68-65-62-59-56-53-50-27-24-21-18-15-12-9-6-3)82-76(79)70-67-64-61-58-55-52-49-47-45-42-33-31-29-26-23-20-17-14-11-8-5-2/h7,10,16,19,23-28,31-34,36-37,39-40,43-45,47-48,51,73H,4-6,8-9,11-15,17-18,20-22,29-30,35,38,41-42,46,49-50,52-72H2,1-3H3/b10-7-,19-16-,26-23-,27-24-,28-25-,33-31-,34-32-,37-36-,40-39-,44-43-,47-45-,51-48-. The Balaban J connectivity index is 4.45. The van der Waals surface area contributed by atoms with E-state index in [1.807, 2.05) is 0 Å². The van der Waals surface area contributed by atoms with Crippen molar-refractivity contribution in [3.63, 3.8) is 0 Å². The maximum absolute atomic E-state index is 12.9. The van der Waals surface area contributed by atoms with E-state index in [0.717, 1.165) is 161 Å². The third kappa shape index (κ3) is 66.1. The second-order valence-electron chi connectivity index (χ2n) is 22.0. The summed E-state index contributed by atoms with van der Waals surface area (Å²) in [7, 11) is 0. The van der Waals surface area contributed by atoms with Gasteiger partial charge in [-0.15, -0.1) is 0 Å². The summed E-state index contributed by atoms with van der Waals surface area (Å²) >= 11 is 0. The molecule has 0 aliphatic carbocycles. The fourth-order valence-electron chi connectivity index (χ4n) is 8.99. The van der Waals surface area contributed by atoms with Gasteiger partial charge in [0.05, 0.1) is 0 Å². The highest BCUT2D eigenvalue weighted by molar-refractivity contribution is 5.71. The molecule has 0 fully saturated rings. The van der Waals surface area contributed by atoms with Crippen LogP contribution in [0.4, 0.5) is 0 Å². The first-order valence-electron chi connectivity index (χ1n) is 33.8. The summed E-state index contributed by atoms with van der Waals surface area (Å²) in [6.45, 7) is 6.48. The molecular formula is C76H124O6. The van der Waals surface area contributed by atoms with E-state index in [0.29, 0.717) is 19.3 Å². The van der Waals surface area contributed by atoms with Crippen LogP contribution >= 0.6 is 0 Å². The number of carbonyl (C=O) groups is 3. The van der Waals surface area contributed by atoms with Crippen LogP contribution in [0, 0.1) is 0 Å². The van der Waals surface area contributed by atoms with Crippen molar-refractivity contribution in [1.29, 1.82) is 0 Å². The third-order valence-corrected chi connectivity index (χ3v) is 14.0. The number of esters is 3. The molecule has 82 heavy (non-hydrogen) atoms. The second kappa shape index (κ2) is 68.8. The predicted octanol–water partition coefficient (Wildman–Crippen LogP) is 23.5. The average Bonchev–Trinajstić information content (AvgIpc) is 3.47. The lowest BCUT2D eigenvalue weighted by atomic mass is 10.1. The lowest BCUT2D eigenvalue weighted by Gasteiger charge is -2.18. The third-order valence-electron chi connectivity index (χ3n) is 14.0. The van der Waals surface area contributed by atoms with Crippen LogP contribution in [-0.4, -0.2) is 37.2 Å². The van der Waals surface area contributed by atoms with Crippen LogP contribution in [-0.2, 0) is 28.6 Å². The summed E-state index contributed by atoms with van der Waals surface area (Å²) < 4.78 is 16.9. The number of ether oxygens (including phenoxy) is 3. The van der Waals surface area contributed by atoms with E-state index < -0.39 is 6.10 Å². The van der Waals surface area contributed by atoms with Crippen molar-refractivity contribution in [3.05, 3.63) is 146 Å². The van der Waals surface area contributed by atoms with Crippen LogP contribution in [0.3, 0.4) is 0 Å². The molecule has 0 radical (unpaired) electrons. The minimum absolute atomic E-state index is 0.100. The molecule has 0 heterocycles. The van der Waals surface area contributed by atoms with Crippen molar-refractivity contribution < 1.29 is 28.6 Å². The van der Waals surface area contributed by atoms with Gasteiger partial charge in [0.15, 0.2) is 6.10 Å². The maximum Gasteiger partial charge on any atom is 0.306 e. The lowest BCUT2D eigenvalue weighted by molar-refractivity contribution is -0.167. The first-order valence-corrected chi connectivity index (χ1v) is 33.8. The van der Waals surface area contributed by atoms with Gasteiger partial charge in [-0.2, -0.15) is 0 Å². The van der Waals surface area contributed by atoms with E-state index in [4.69, 9.17) is 14.2 Å². The van der Waals surface area contributed by atoms with Gasteiger partial charge in [0, 0.05) is 19.3 Å². The fourth-order valence-corrected chi connectivity index (χ4v) is 8.99. The van der Waals surface area contributed by atoms with Gasteiger partial charge in [0.25, 0.3) is 0 Å². The maximum atomic E-state index is 12.9. The molecule has 0 N–H and O–H groups in total. The first kappa shape index (κ1) is 77.3. The molecule has 0 saturated carbocycles. The Morgan fingerprint density at radius 2 is 0.476 bits per heavy atom. The smallest absolute Gasteiger partial charge is 0.306 e. The van der Waals surface area contributed by atoms with Crippen molar-refractivity contribution in [2.45, 2.75) is 303 Å². The molecular weight excluding hydrogens is 1010 g/mol. The number of carbonyl (C=O) groups excluding carboxylic acids is 3.